The van der Waals surface area contributed by atoms with Crippen molar-refractivity contribution in [3.8, 4) is 5.75 Å². The summed E-state index contributed by atoms with van der Waals surface area (Å²) in [6.07, 6.45) is 5.44. The van der Waals surface area contributed by atoms with Crippen LogP contribution < -0.4 is 19.9 Å². The SMILES string of the molecule is Cc1nc2c(OCc3c(Cl)ccc(N(C)C(=O)CNC(=O)CN4CCN(c5ccncc5)CC4)c3Cl)cccn2c1Br. The quantitative estimate of drug-likeness (QED) is 0.278. The number of nitrogens with one attached hydrogen (secondary N) is 1. The van der Waals surface area contributed by atoms with E-state index in [1.165, 1.54) is 4.90 Å². The number of piperazine rings is 1. The third-order valence-electron chi connectivity index (χ3n) is 7.19. The van der Waals surface area contributed by atoms with E-state index in [2.05, 4.69) is 41.0 Å². The number of carbonyl (C=O) groups is 2. The highest BCUT2D eigenvalue weighted by atomic mass is 79.9. The van der Waals surface area contributed by atoms with Crippen LogP contribution in [0.4, 0.5) is 11.4 Å². The third kappa shape index (κ3) is 6.64. The molecule has 10 nitrogen and oxygen atoms in total. The monoisotopic (exact) mass is 673 g/mol. The van der Waals surface area contributed by atoms with Crippen LogP contribution in [0.1, 0.15) is 11.3 Å². The van der Waals surface area contributed by atoms with Gasteiger partial charge in [0.1, 0.15) is 11.2 Å². The second-order valence-electron chi connectivity index (χ2n) is 9.90. The lowest BCUT2D eigenvalue weighted by molar-refractivity contribution is -0.125. The lowest BCUT2D eigenvalue weighted by Gasteiger charge is -2.35. The van der Waals surface area contributed by atoms with E-state index in [4.69, 9.17) is 27.9 Å². The minimum atomic E-state index is -0.315. The van der Waals surface area contributed by atoms with Gasteiger partial charge in [-0.05, 0) is 59.3 Å². The maximum atomic E-state index is 13.0. The summed E-state index contributed by atoms with van der Waals surface area (Å²) in [6.45, 7) is 5.17. The Hall–Kier alpha value is -3.38. The lowest BCUT2D eigenvalue weighted by Crippen LogP contribution is -2.50. The number of benzene rings is 1. The van der Waals surface area contributed by atoms with Crippen molar-refractivity contribution >= 4 is 68.0 Å². The highest BCUT2D eigenvalue weighted by Gasteiger charge is 2.22. The van der Waals surface area contributed by atoms with Crippen LogP contribution in [0.2, 0.25) is 10.0 Å². The maximum absolute atomic E-state index is 13.0. The Morgan fingerprint density at radius 2 is 1.83 bits per heavy atom. The van der Waals surface area contributed by atoms with Crippen LogP contribution in [-0.2, 0) is 16.2 Å². The van der Waals surface area contributed by atoms with Crippen molar-refractivity contribution in [2.24, 2.45) is 0 Å². The largest absolute Gasteiger partial charge is 0.485 e. The van der Waals surface area contributed by atoms with Crippen molar-refractivity contribution in [2.45, 2.75) is 13.5 Å². The molecular weight excluding hydrogens is 645 g/mol. The van der Waals surface area contributed by atoms with E-state index in [-0.39, 0.29) is 31.5 Å². The predicted molar refractivity (Wildman–Crippen MR) is 168 cm³/mol. The zero-order valence-corrected chi connectivity index (χ0v) is 26.3. The van der Waals surface area contributed by atoms with Gasteiger partial charge in [-0.15, -0.1) is 0 Å². The van der Waals surface area contributed by atoms with Gasteiger partial charge in [-0.1, -0.05) is 23.2 Å². The number of hydrogen-bond donors (Lipinski definition) is 1. The van der Waals surface area contributed by atoms with E-state index in [0.717, 1.165) is 42.2 Å². The molecule has 1 aliphatic heterocycles. The van der Waals surface area contributed by atoms with E-state index >= 15 is 0 Å². The van der Waals surface area contributed by atoms with Gasteiger partial charge in [0.05, 0.1) is 29.5 Å². The highest BCUT2D eigenvalue weighted by Crippen LogP contribution is 2.35. The number of amides is 2. The number of carbonyl (C=O) groups excluding carboxylic acids is 2. The molecule has 0 bridgehead atoms. The average Bonchev–Trinajstić information content (AvgIpc) is 3.30. The smallest absolute Gasteiger partial charge is 0.246 e. The summed E-state index contributed by atoms with van der Waals surface area (Å²) < 4.78 is 8.80. The number of nitrogens with zero attached hydrogens (tertiary/aromatic N) is 6. The molecule has 1 fully saturated rings. The van der Waals surface area contributed by atoms with Gasteiger partial charge in [-0.2, -0.15) is 0 Å². The van der Waals surface area contributed by atoms with Crippen LogP contribution in [-0.4, -0.2) is 77.4 Å². The molecule has 5 rings (SSSR count). The van der Waals surface area contributed by atoms with Crippen LogP contribution in [0.25, 0.3) is 5.65 Å². The molecule has 1 aliphatic rings. The number of ether oxygens (including phenoxy) is 1. The van der Waals surface area contributed by atoms with Gasteiger partial charge in [0.2, 0.25) is 11.8 Å². The molecule has 13 heteroatoms. The molecule has 0 spiro atoms. The van der Waals surface area contributed by atoms with Crippen LogP contribution in [0.5, 0.6) is 5.75 Å². The second kappa shape index (κ2) is 13.3. The lowest BCUT2D eigenvalue weighted by atomic mass is 10.2. The Morgan fingerprint density at radius 1 is 1.10 bits per heavy atom. The van der Waals surface area contributed by atoms with E-state index in [9.17, 15) is 9.59 Å². The fraction of sp³-hybridized carbons (Fsp3) is 0.310. The standard InChI is InChI=1S/C29H30BrCl2N7O3/c1-19-28(30)39-11-3-4-24(29(39)35-19)42-18-21-22(31)5-6-23(27(21)32)36(2)26(41)16-34-25(40)17-37-12-14-38(15-13-37)20-7-9-33-10-8-20/h3-11H,12-18H2,1-2H3,(H,34,40). The zero-order chi connectivity index (χ0) is 29.8. The molecule has 0 unspecified atom stereocenters. The van der Waals surface area contributed by atoms with Gasteiger partial charge in [-0.3, -0.25) is 23.9 Å². The van der Waals surface area contributed by atoms with Gasteiger partial charge in [0.15, 0.2) is 11.4 Å². The molecular formula is C29H30BrCl2N7O3. The minimum absolute atomic E-state index is 0.0713. The summed E-state index contributed by atoms with van der Waals surface area (Å²) in [5, 5.41) is 3.45. The van der Waals surface area contributed by atoms with Gasteiger partial charge in [-0.25, -0.2) is 4.98 Å². The van der Waals surface area contributed by atoms with Crippen LogP contribution in [0.3, 0.4) is 0 Å². The van der Waals surface area contributed by atoms with E-state index in [1.807, 2.05) is 41.8 Å². The highest BCUT2D eigenvalue weighted by molar-refractivity contribution is 9.10. The van der Waals surface area contributed by atoms with E-state index < -0.39 is 0 Å². The molecule has 1 N–H and O–H groups in total. The second-order valence-corrected chi connectivity index (χ2v) is 11.4. The molecule has 0 aliphatic carbocycles. The Balaban J connectivity index is 1.15. The number of halogens is 3. The molecule has 2 amide bonds. The van der Waals surface area contributed by atoms with Crippen LogP contribution in [0.15, 0.2) is 59.6 Å². The zero-order valence-electron chi connectivity index (χ0n) is 23.2. The summed E-state index contributed by atoms with van der Waals surface area (Å²) in [6, 6.07) is 11.0. The average molecular weight is 675 g/mol. The molecule has 1 saturated heterocycles. The fourth-order valence-corrected chi connectivity index (χ4v) is 5.75. The van der Waals surface area contributed by atoms with Crippen molar-refractivity contribution < 1.29 is 14.3 Å². The molecule has 0 radical (unpaired) electrons. The Morgan fingerprint density at radius 3 is 2.57 bits per heavy atom. The van der Waals surface area contributed by atoms with Gasteiger partial charge in [0.25, 0.3) is 0 Å². The number of imidazole rings is 1. The number of rotatable bonds is 9. The molecule has 220 valence electrons. The van der Waals surface area contributed by atoms with E-state index in [0.29, 0.717) is 32.7 Å². The number of aromatic nitrogens is 3. The molecule has 0 atom stereocenters. The van der Waals surface area contributed by atoms with Gasteiger partial charge in [0, 0.05) is 68.1 Å². The first-order chi connectivity index (χ1) is 20.2. The molecule has 1 aromatic carbocycles. The predicted octanol–water partition coefficient (Wildman–Crippen LogP) is 4.59. The first kappa shape index (κ1) is 30.1. The topological polar surface area (TPSA) is 95.3 Å². The van der Waals surface area contributed by atoms with Crippen LogP contribution in [0, 0.1) is 6.92 Å². The summed E-state index contributed by atoms with van der Waals surface area (Å²) >= 11 is 16.7. The summed E-state index contributed by atoms with van der Waals surface area (Å²) in [7, 11) is 1.61. The number of anilines is 2. The maximum Gasteiger partial charge on any atom is 0.246 e. The summed E-state index contributed by atoms with van der Waals surface area (Å²) in [5.74, 6) is 0.0413. The Labute approximate surface area is 262 Å². The number of likely N-dealkylation sites (N-methyl/N-ethyl adjacent to an activating group) is 1. The first-order valence-corrected chi connectivity index (χ1v) is 14.9. The van der Waals surface area contributed by atoms with Crippen molar-refractivity contribution in [1.82, 2.24) is 24.6 Å². The van der Waals surface area contributed by atoms with Crippen LogP contribution >= 0.6 is 39.1 Å². The van der Waals surface area contributed by atoms with Crippen molar-refractivity contribution in [2.75, 3.05) is 56.1 Å². The molecule has 42 heavy (non-hydrogen) atoms. The molecule has 3 aromatic heterocycles. The third-order valence-corrected chi connectivity index (χ3v) is 8.92. The number of aryl methyl sites for hydroxylation is 1. The van der Waals surface area contributed by atoms with Gasteiger partial charge < -0.3 is 19.9 Å². The molecule has 4 heterocycles. The Bertz CT molecular complexity index is 1590. The minimum Gasteiger partial charge on any atom is -0.485 e. The number of hydrogen-bond acceptors (Lipinski definition) is 7. The normalized spacial score (nSPS) is 13.8. The summed E-state index contributed by atoms with van der Waals surface area (Å²) in [5.41, 5.74) is 3.61. The molecule has 0 saturated carbocycles. The van der Waals surface area contributed by atoms with Crippen molar-refractivity contribution in [3.05, 3.63) is 80.9 Å². The summed E-state index contributed by atoms with van der Waals surface area (Å²) in [4.78, 5) is 40.0. The number of pyridine rings is 2. The fourth-order valence-electron chi connectivity index (χ4n) is 4.77. The van der Waals surface area contributed by atoms with Crippen molar-refractivity contribution in [3.63, 3.8) is 0 Å². The van der Waals surface area contributed by atoms with Gasteiger partial charge >= 0.3 is 0 Å². The van der Waals surface area contributed by atoms with Crippen molar-refractivity contribution in [1.29, 1.82) is 0 Å². The number of fused-ring (bicyclic) bond motifs is 1. The first-order valence-electron chi connectivity index (χ1n) is 13.4. The Kier molecular flexibility index (Phi) is 9.52. The molecule has 4 aromatic rings. The van der Waals surface area contributed by atoms with E-state index in [1.54, 1.807) is 31.6 Å².